The van der Waals surface area contributed by atoms with Gasteiger partial charge in [0.05, 0.1) is 20.1 Å². The van der Waals surface area contributed by atoms with Crippen LogP contribution in [0.2, 0.25) is 0 Å². The molecule has 19 heteroatoms. The van der Waals surface area contributed by atoms with E-state index in [1.807, 2.05) is 104 Å². The van der Waals surface area contributed by atoms with Crippen LogP contribution in [-0.4, -0.2) is 213 Å². The van der Waals surface area contributed by atoms with Gasteiger partial charge in [0.1, 0.15) is 46.3 Å². The normalized spacial score (nSPS) is 13.7. The summed E-state index contributed by atoms with van der Waals surface area (Å²) in [6.45, 7) is 47.3. The first-order valence-corrected chi connectivity index (χ1v) is 39.6. The number of ketones is 8. The van der Waals surface area contributed by atoms with Crippen molar-refractivity contribution in [2.24, 2.45) is 11.8 Å². The molecule has 622 valence electrons. The number of benzene rings is 3. The maximum Gasteiger partial charge on any atom is 0.219 e. The summed E-state index contributed by atoms with van der Waals surface area (Å²) in [5.74, 6) is 3.55. The number of carbonyl (C=O) groups is 9. The van der Waals surface area contributed by atoms with E-state index in [-0.39, 0.29) is 46.4 Å². The molecule has 2 saturated heterocycles. The molecule has 107 heavy (non-hydrogen) atoms. The van der Waals surface area contributed by atoms with Crippen molar-refractivity contribution in [3.63, 3.8) is 0 Å². The van der Waals surface area contributed by atoms with Crippen molar-refractivity contribution in [2.75, 3.05) is 141 Å². The average Bonchev–Trinajstić information content (AvgIpc) is 0.911. The number of aryl methyl sites for hydroxylation is 2. The number of amides is 1. The minimum absolute atomic E-state index is 0.0835. The first kappa shape index (κ1) is 117. The molecule has 2 aliphatic heterocycles. The van der Waals surface area contributed by atoms with E-state index in [9.17, 15) is 43.2 Å². The summed E-state index contributed by atoms with van der Waals surface area (Å²) in [4.78, 5) is 101. The standard InChI is InChI=1S/C12H22O2.C10H20N2O2.2C10H14O.C9H12O.C8H16N2O2.C6H10O2.C5H10O.3C4H8O.3C2H6/c1-10(13)9-12-5-3-11(4-6-12)7-8-14-2;1-10(13)3-4-11-5-7-12(8-6-11)9-14-2;2*1-11-9-5-8-10-6-3-2-4-7-10;1-10-8-7-9-5-3-2-4-6-9;1-8(11)10-5-3-9(4-6-10)7-12-2;1-5(7)3-4-6(2)8;1-3-4-5(2)6;3*1-3-4(2)5;3*1-2/h11-12H,3-9H2,1-2H3;3-9H2,1-2H3;2*2-4,6-7H,5,8-9H2,1H3;2-6H,7-8H2,1H3;3-7H2,1-2H3;3-4H2,1-2H3;3-4H2,1-2H3;3*3H2,1-2H3;3*1-2H3. The lowest BCUT2D eigenvalue weighted by atomic mass is 9.79. The fourth-order valence-electron chi connectivity index (χ4n) is 9.13. The first-order valence-electron chi connectivity index (χ1n) is 39.6. The van der Waals surface area contributed by atoms with Crippen molar-refractivity contribution in [3.05, 3.63) is 108 Å². The molecular weight excluding hydrogens is 1350 g/mol. The molecule has 0 radical (unpaired) electrons. The molecular formula is C88H160N4O15. The third-order valence-corrected chi connectivity index (χ3v) is 15.6. The van der Waals surface area contributed by atoms with Gasteiger partial charge in [-0.15, -0.1) is 0 Å². The van der Waals surface area contributed by atoms with E-state index in [0.717, 1.165) is 149 Å². The molecule has 0 bridgehead atoms. The van der Waals surface area contributed by atoms with Crippen molar-refractivity contribution in [1.82, 2.24) is 19.6 Å². The van der Waals surface area contributed by atoms with E-state index in [2.05, 4.69) is 75.4 Å². The van der Waals surface area contributed by atoms with Crippen LogP contribution in [0.1, 0.15) is 251 Å². The van der Waals surface area contributed by atoms with E-state index in [0.29, 0.717) is 57.0 Å². The molecule has 3 aliphatic rings. The second-order valence-electron chi connectivity index (χ2n) is 25.4. The highest BCUT2D eigenvalue weighted by molar-refractivity contribution is 5.83. The number of ether oxygens (including phenoxy) is 6. The van der Waals surface area contributed by atoms with Crippen LogP contribution in [0.25, 0.3) is 0 Å². The lowest BCUT2D eigenvalue weighted by Gasteiger charge is -2.33. The summed E-state index contributed by atoms with van der Waals surface area (Å²) in [6.07, 6.45) is 17.7. The van der Waals surface area contributed by atoms with Gasteiger partial charge in [-0.1, -0.05) is 173 Å². The lowest BCUT2D eigenvalue weighted by Crippen LogP contribution is -2.48. The van der Waals surface area contributed by atoms with Crippen LogP contribution < -0.4 is 0 Å². The smallest absolute Gasteiger partial charge is 0.219 e. The fourth-order valence-corrected chi connectivity index (χ4v) is 9.13. The average molecular weight is 1510 g/mol. The van der Waals surface area contributed by atoms with Crippen LogP contribution in [0.3, 0.4) is 0 Å². The molecule has 1 saturated carbocycles. The molecule has 2 heterocycles. The van der Waals surface area contributed by atoms with Crippen LogP contribution in [0.15, 0.2) is 91.0 Å². The lowest BCUT2D eigenvalue weighted by molar-refractivity contribution is -0.131. The van der Waals surface area contributed by atoms with Gasteiger partial charge in [0.15, 0.2) is 0 Å². The topological polar surface area (TPSA) is 222 Å². The van der Waals surface area contributed by atoms with Crippen molar-refractivity contribution in [2.45, 2.75) is 254 Å². The Bertz CT molecular complexity index is 2340. The van der Waals surface area contributed by atoms with Crippen molar-refractivity contribution in [3.8, 4) is 0 Å². The van der Waals surface area contributed by atoms with Gasteiger partial charge in [-0.3, -0.25) is 19.4 Å². The zero-order chi connectivity index (χ0) is 83.3. The highest BCUT2D eigenvalue weighted by atomic mass is 16.5. The van der Waals surface area contributed by atoms with Gasteiger partial charge in [0.25, 0.3) is 0 Å². The second kappa shape index (κ2) is 92.5. The number of methoxy groups -OCH3 is 6. The summed E-state index contributed by atoms with van der Waals surface area (Å²) >= 11 is 0. The predicted molar refractivity (Wildman–Crippen MR) is 447 cm³/mol. The number of hydrogen-bond donors (Lipinski definition) is 0. The number of rotatable bonds is 31. The molecule has 6 rings (SSSR count). The zero-order valence-corrected chi connectivity index (χ0v) is 72.8. The number of hydrogen-bond acceptors (Lipinski definition) is 18. The molecule has 3 aromatic carbocycles. The summed E-state index contributed by atoms with van der Waals surface area (Å²) in [5.41, 5.74) is 4.12. The van der Waals surface area contributed by atoms with E-state index < -0.39 is 0 Å². The zero-order valence-electron chi connectivity index (χ0n) is 72.8. The Labute approximate surface area is 654 Å². The molecule has 19 nitrogen and oxygen atoms in total. The number of piperazine rings is 2. The third kappa shape index (κ3) is 98.1. The molecule has 0 aromatic heterocycles. The Morgan fingerprint density at radius 1 is 0.336 bits per heavy atom. The van der Waals surface area contributed by atoms with Crippen molar-refractivity contribution in [1.29, 1.82) is 0 Å². The maximum atomic E-state index is 10.9. The van der Waals surface area contributed by atoms with Crippen LogP contribution in [0.5, 0.6) is 0 Å². The SMILES string of the molecule is CC.CC.CC.CC(=O)CCC(C)=O.CCC(C)=O.CCC(C)=O.CCC(C)=O.CCCC(C)=O.COCCC1CCC(CC(C)=O)CC1.COCCCc1ccccc1.COCCCc1ccccc1.COCCc1ccccc1.COCN1CCN(C(C)=O)CC1.COCN1CCN(CCC(C)=O)CC1. The van der Waals surface area contributed by atoms with Gasteiger partial charge < -0.3 is 71.8 Å². The molecule has 0 spiro atoms. The first-order chi connectivity index (χ1) is 51.2. The van der Waals surface area contributed by atoms with Gasteiger partial charge in [-0.05, 0) is 142 Å². The van der Waals surface area contributed by atoms with Gasteiger partial charge in [-0.25, -0.2) is 0 Å². The Hall–Kier alpha value is -5.87. The molecule has 0 atom stereocenters. The highest BCUT2D eigenvalue weighted by Crippen LogP contribution is 2.32. The van der Waals surface area contributed by atoms with Crippen LogP contribution in [0, 0.1) is 11.8 Å². The van der Waals surface area contributed by atoms with Crippen molar-refractivity contribution >= 4 is 52.2 Å². The monoisotopic (exact) mass is 1510 g/mol. The molecule has 1 aliphatic carbocycles. The van der Waals surface area contributed by atoms with Crippen LogP contribution in [-0.2, 0) is 90.8 Å². The van der Waals surface area contributed by atoms with E-state index in [1.165, 1.54) is 62.6 Å². The van der Waals surface area contributed by atoms with Crippen LogP contribution in [0.4, 0.5) is 0 Å². The largest absolute Gasteiger partial charge is 0.385 e. The Balaban J connectivity index is -0.000000169. The van der Waals surface area contributed by atoms with E-state index in [1.54, 1.807) is 91.1 Å². The molecule has 0 unspecified atom stereocenters. The van der Waals surface area contributed by atoms with Gasteiger partial charge in [-0.2, -0.15) is 0 Å². The van der Waals surface area contributed by atoms with Crippen LogP contribution >= 0.6 is 0 Å². The van der Waals surface area contributed by atoms with E-state index >= 15 is 0 Å². The van der Waals surface area contributed by atoms with Gasteiger partial charge in [0, 0.05) is 180 Å². The maximum absolute atomic E-state index is 10.9. The number of carbonyl (C=O) groups excluding carboxylic acids is 9. The van der Waals surface area contributed by atoms with Crippen molar-refractivity contribution < 1.29 is 71.6 Å². The third-order valence-electron chi connectivity index (χ3n) is 15.6. The fraction of sp³-hybridized carbons (Fsp3) is 0.693. The minimum Gasteiger partial charge on any atom is -0.385 e. The Morgan fingerprint density at radius 2 is 0.636 bits per heavy atom. The predicted octanol–water partition coefficient (Wildman–Crippen LogP) is 17.5. The molecule has 1 amide bonds. The van der Waals surface area contributed by atoms with E-state index in [4.69, 9.17) is 28.4 Å². The second-order valence-corrected chi connectivity index (χ2v) is 25.4. The highest BCUT2D eigenvalue weighted by Gasteiger charge is 2.22. The molecule has 3 fully saturated rings. The summed E-state index contributed by atoms with van der Waals surface area (Å²) in [7, 11) is 10.4. The van der Waals surface area contributed by atoms with Gasteiger partial charge in [0.2, 0.25) is 5.91 Å². The summed E-state index contributed by atoms with van der Waals surface area (Å²) < 4.78 is 30.0. The number of Topliss-reactive ketones (excluding diaryl/α,β-unsaturated/α-hetero) is 8. The Kier molecular flexibility index (Phi) is 101. The summed E-state index contributed by atoms with van der Waals surface area (Å²) in [5, 5.41) is 0. The summed E-state index contributed by atoms with van der Waals surface area (Å²) in [6, 6.07) is 31.3. The quantitative estimate of drug-likeness (QED) is 0.0546. The molecule has 3 aromatic rings. The Morgan fingerprint density at radius 3 is 0.897 bits per heavy atom. The van der Waals surface area contributed by atoms with Gasteiger partial charge >= 0.3 is 0 Å². The number of nitrogens with zero attached hydrogens (tertiary/aromatic N) is 4. The minimum atomic E-state index is 0.0835. The molecule has 0 N–H and O–H groups in total.